The third-order valence-electron chi connectivity index (χ3n) is 4.17. The fraction of sp³-hybridized carbons (Fsp3) is 1.00. The summed E-state index contributed by atoms with van der Waals surface area (Å²) < 4.78 is 0. The zero-order chi connectivity index (χ0) is 13.4. The minimum absolute atomic E-state index is 0.727. The monoisotopic (exact) mass is 254 g/mol. The maximum atomic E-state index is 3.70. The first kappa shape index (κ1) is 16.0. The Bertz CT molecular complexity index is 203. The molecule has 1 N–H and O–H groups in total. The summed E-state index contributed by atoms with van der Waals surface area (Å²) in [6, 6.07) is 1.49. The normalized spacial score (nSPS) is 24.2. The average molecular weight is 254 g/mol. The van der Waals surface area contributed by atoms with Crippen molar-refractivity contribution in [2.75, 3.05) is 19.6 Å². The first-order valence-corrected chi connectivity index (χ1v) is 8.11. The Kier molecular flexibility index (Phi) is 7.92. The van der Waals surface area contributed by atoms with Crippen molar-refractivity contribution in [3.8, 4) is 0 Å². The summed E-state index contributed by atoms with van der Waals surface area (Å²) >= 11 is 0. The van der Waals surface area contributed by atoms with E-state index in [1.54, 1.807) is 0 Å². The Hall–Kier alpha value is -0.0800. The van der Waals surface area contributed by atoms with Gasteiger partial charge in [0.1, 0.15) is 0 Å². The van der Waals surface area contributed by atoms with Crippen LogP contribution in [0.3, 0.4) is 0 Å². The summed E-state index contributed by atoms with van der Waals surface area (Å²) in [6.07, 6.45) is 8.09. The van der Waals surface area contributed by atoms with Gasteiger partial charge in [-0.15, -0.1) is 0 Å². The van der Waals surface area contributed by atoms with Crippen molar-refractivity contribution in [2.24, 2.45) is 5.92 Å². The number of hydrogen-bond acceptors (Lipinski definition) is 2. The quantitative estimate of drug-likeness (QED) is 0.746. The Morgan fingerprint density at radius 3 is 2.67 bits per heavy atom. The van der Waals surface area contributed by atoms with Crippen LogP contribution in [0.2, 0.25) is 0 Å². The van der Waals surface area contributed by atoms with Crippen molar-refractivity contribution in [3.63, 3.8) is 0 Å². The molecule has 2 nitrogen and oxygen atoms in total. The summed E-state index contributed by atoms with van der Waals surface area (Å²) in [5.74, 6) is 0.857. The zero-order valence-electron chi connectivity index (χ0n) is 13.0. The fourth-order valence-corrected chi connectivity index (χ4v) is 2.97. The molecular formula is C16H34N2. The van der Waals surface area contributed by atoms with Crippen LogP contribution in [0.5, 0.6) is 0 Å². The Morgan fingerprint density at radius 1 is 1.22 bits per heavy atom. The molecule has 2 unspecified atom stereocenters. The Morgan fingerprint density at radius 2 is 2.00 bits per heavy atom. The number of rotatable bonds is 7. The molecule has 1 fully saturated rings. The third-order valence-corrected chi connectivity index (χ3v) is 4.17. The largest absolute Gasteiger partial charge is 0.313 e. The van der Waals surface area contributed by atoms with Crippen LogP contribution >= 0.6 is 0 Å². The van der Waals surface area contributed by atoms with Crippen LogP contribution in [-0.4, -0.2) is 36.6 Å². The van der Waals surface area contributed by atoms with Crippen molar-refractivity contribution >= 4 is 0 Å². The first-order valence-electron chi connectivity index (χ1n) is 8.11. The molecule has 0 aromatic carbocycles. The second kappa shape index (κ2) is 8.92. The van der Waals surface area contributed by atoms with E-state index in [0.717, 1.165) is 18.0 Å². The van der Waals surface area contributed by atoms with E-state index in [-0.39, 0.29) is 0 Å². The lowest BCUT2D eigenvalue weighted by Crippen LogP contribution is -2.41. The van der Waals surface area contributed by atoms with E-state index in [1.807, 2.05) is 0 Å². The molecule has 2 heteroatoms. The molecule has 0 radical (unpaired) electrons. The van der Waals surface area contributed by atoms with Crippen LogP contribution in [0.15, 0.2) is 0 Å². The molecule has 0 spiro atoms. The molecule has 0 aromatic rings. The van der Waals surface area contributed by atoms with Gasteiger partial charge in [-0.25, -0.2) is 0 Å². The highest BCUT2D eigenvalue weighted by atomic mass is 15.2. The standard InChI is InChI=1S/C16H34N2/c1-5-8-16-13-18(12-7-11-17-16)15(4)10-6-9-14(2)3/h14-17H,5-13H2,1-4H3. The molecular weight excluding hydrogens is 220 g/mol. The van der Waals surface area contributed by atoms with Gasteiger partial charge in [-0.1, -0.05) is 40.0 Å². The minimum Gasteiger partial charge on any atom is -0.313 e. The molecule has 1 heterocycles. The van der Waals surface area contributed by atoms with E-state index in [2.05, 4.69) is 37.9 Å². The third kappa shape index (κ3) is 6.19. The van der Waals surface area contributed by atoms with Gasteiger partial charge in [-0.05, 0) is 45.2 Å². The molecule has 1 aliphatic heterocycles. The topological polar surface area (TPSA) is 15.3 Å². The number of hydrogen-bond donors (Lipinski definition) is 1. The van der Waals surface area contributed by atoms with Crippen LogP contribution in [0.1, 0.15) is 66.2 Å². The molecule has 2 atom stereocenters. The molecule has 1 aliphatic rings. The van der Waals surface area contributed by atoms with E-state index in [4.69, 9.17) is 0 Å². The van der Waals surface area contributed by atoms with Gasteiger partial charge in [-0.3, -0.25) is 4.90 Å². The maximum Gasteiger partial charge on any atom is 0.0195 e. The molecule has 0 amide bonds. The molecule has 108 valence electrons. The Balaban J connectivity index is 2.32. The Labute approximate surface area is 115 Å². The van der Waals surface area contributed by atoms with Crippen molar-refractivity contribution in [1.29, 1.82) is 0 Å². The van der Waals surface area contributed by atoms with Gasteiger partial charge in [-0.2, -0.15) is 0 Å². The van der Waals surface area contributed by atoms with Crippen LogP contribution in [0.4, 0.5) is 0 Å². The number of nitrogens with one attached hydrogen (secondary N) is 1. The summed E-state index contributed by atoms with van der Waals surface area (Å²) in [5, 5.41) is 3.70. The zero-order valence-corrected chi connectivity index (χ0v) is 13.0. The maximum absolute atomic E-state index is 3.70. The first-order chi connectivity index (χ1) is 8.63. The van der Waals surface area contributed by atoms with Crippen molar-refractivity contribution in [1.82, 2.24) is 10.2 Å². The molecule has 18 heavy (non-hydrogen) atoms. The van der Waals surface area contributed by atoms with Crippen molar-refractivity contribution in [2.45, 2.75) is 78.3 Å². The van der Waals surface area contributed by atoms with Crippen molar-refractivity contribution < 1.29 is 0 Å². The molecule has 0 aromatic heterocycles. The summed E-state index contributed by atoms with van der Waals surface area (Å²) in [6.45, 7) is 13.1. The highest BCUT2D eigenvalue weighted by Gasteiger charge is 2.20. The highest BCUT2D eigenvalue weighted by Crippen LogP contribution is 2.15. The van der Waals surface area contributed by atoms with E-state index in [1.165, 1.54) is 58.2 Å². The van der Waals surface area contributed by atoms with E-state index < -0.39 is 0 Å². The van der Waals surface area contributed by atoms with Crippen LogP contribution < -0.4 is 5.32 Å². The van der Waals surface area contributed by atoms with Crippen LogP contribution in [0.25, 0.3) is 0 Å². The van der Waals surface area contributed by atoms with Crippen LogP contribution in [0, 0.1) is 5.92 Å². The van der Waals surface area contributed by atoms with E-state index in [9.17, 15) is 0 Å². The lowest BCUT2D eigenvalue weighted by atomic mass is 10.0. The predicted molar refractivity (Wildman–Crippen MR) is 81.0 cm³/mol. The molecule has 0 aliphatic carbocycles. The molecule has 1 rings (SSSR count). The molecule has 0 saturated carbocycles. The number of nitrogens with zero attached hydrogens (tertiary/aromatic N) is 1. The van der Waals surface area contributed by atoms with Gasteiger partial charge in [0.05, 0.1) is 0 Å². The second-order valence-electron chi connectivity index (χ2n) is 6.46. The van der Waals surface area contributed by atoms with Gasteiger partial charge in [0, 0.05) is 18.6 Å². The van der Waals surface area contributed by atoms with Crippen molar-refractivity contribution in [3.05, 3.63) is 0 Å². The smallest absolute Gasteiger partial charge is 0.0195 e. The molecule has 1 saturated heterocycles. The fourth-order valence-electron chi connectivity index (χ4n) is 2.97. The summed E-state index contributed by atoms with van der Waals surface area (Å²) in [7, 11) is 0. The lowest BCUT2D eigenvalue weighted by molar-refractivity contribution is 0.189. The molecule has 0 bridgehead atoms. The van der Waals surface area contributed by atoms with Gasteiger partial charge < -0.3 is 5.32 Å². The summed E-state index contributed by atoms with van der Waals surface area (Å²) in [5.41, 5.74) is 0. The van der Waals surface area contributed by atoms with Gasteiger partial charge in [0.2, 0.25) is 0 Å². The lowest BCUT2D eigenvalue weighted by Gasteiger charge is -2.30. The van der Waals surface area contributed by atoms with Gasteiger partial charge in [0.25, 0.3) is 0 Å². The highest BCUT2D eigenvalue weighted by molar-refractivity contribution is 4.79. The van der Waals surface area contributed by atoms with E-state index in [0.29, 0.717) is 0 Å². The minimum atomic E-state index is 0.727. The van der Waals surface area contributed by atoms with Gasteiger partial charge in [0.15, 0.2) is 0 Å². The van der Waals surface area contributed by atoms with E-state index >= 15 is 0 Å². The van der Waals surface area contributed by atoms with Gasteiger partial charge >= 0.3 is 0 Å². The predicted octanol–water partition coefficient (Wildman–Crippen LogP) is 3.67. The SMILES string of the molecule is CCCC1CN(C(C)CCCC(C)C)CCCN1. The average Bonchev–Trinajstić information content (AvgIpc) is 2.54. The summed E-state index contributed by atoms with van der Waals surface area (Å²) in [4.78, 5) is 2.72. The second-order valence-corrected chi connectivity index (χ2v) is 6.46. The van der Waals surface area contributed by atoms with Crippen LogP contribution in [-0.2, 0) is 0 Å².